The lowest BCUT2D eigenvalue weighted by Crippen LogP contribution is -2.36. The van der Waals surface area contributed by atoms with Crippen LogP contribution in [0.1, 0.15) is 21.3 Å². The standard InChI is InChI=1S/C25H29N3O2S/c1-27(2)18-22(20-11-7-4-8-12-20)26-24(29)23-17-21(19-9-5-3-6-10-19)25(31-23)28-13-15-30-16-14-28/h3-12,17,22H,13-16,18H2,1-2H3,(H,26,29). The molecule has 1 atom stereocenters. The third kappa shape index (κ3) is 5.34. The van der Waals surface area contributed by atoms with Crippen molar-refractivity contribution < 1.29 is 9.53 Å². The average Bonchev–Trinajstić information content (AvgIpc) is 3.26. The maximum absolute atomic E-state index is 13.3. The second-order valence-corrected chi connectivity index (χ2v) is 9.02. The van der Waals surface area contributed by atoms with Crippen molar-refractivity contribution >= 4 is 22.2 Å². The summed E-state index contributed by atoms with van der Waals surface area (Å²) in [6.45, 7) is 3.85. The van der Waals surface area contributed by atoms with Crippen LogP contribution in [-0.2, 0) is 4.74 Å². The Labute approximate surface area is 188 Å². The van der Waals surface area contributed by atoms with Gasteiger partial charge in [0.2, 0.25) is 0 Å². The molecule has 4 rings (SSSR count). The Kier molecular flexibility index (Phi) is 7.02. The van der Waals surface area contributed by atoms with Crippen LogP contribution in [0, 0.1) is 0 Å². The van der Waals surface area contributed by atoms with Crippen molar-refractivity contribution in [2.24, 2.45) is 0 Å². The van der Waals surface area contributed by atoms with Crippen molar-refractivity contribution in [2.45, 2.75) is 6.04 Å². The first kappa shape index (κ1) is 21.6. The van der Waals surface area contributed by atoms with E-state index in [1.54, 1.807) is 11.3 Å². The van der Waals surface area contributed by atoms with Gasteiger partial charge in [-0.05, 0) is 31.3 Å². The van der Waals surface area contributed by atoms with Crippen molar-refractivity contribution in [1.29, 1.82) is 0 Å². The van der Waals surface area contributed by atoms with E-state index >= 15 is 0 Å². The Hall–Kier alpha value is -2.67. The number of hydrogen-bond donors (Lipinski definition) is 1. The minimum absolute atomic E-state index is 0.0302. The Bertz CT molecular complexity index is 983. The number of amides is 1. The maximum Gasteiger partial charge on any atom is 0.261 e. The third-order valence-electron chi connectivity index (χ3n) is 5.37. The number of anilines is 1. The van der Waals surface area contributed by atoms with Crippen LogP contribution in [-0.4, -0.2) is 57.8 Å². The Morgan fingerprint density at radius 1 is 1.06 bits per heavy atom. The molecule has 0 aliphatic carbocycles. The molecule has 31 heavy (non-hydrogen) atoms. The zero-order valence-corrected chi connectivity index (χ0v) is 18.9. The Balaban J connectivity index is 1.63. The molecule has 162 valence electrons. The third-order valence-corrected chi connectivity index (χ3v) is 6.57. The van der Waals surface area contributed by atoms with Gasteiger partial charge in [-0.15, -0.1) is 11.3 Å². The van der Waals surface area contributed by atoms with E-state index in [0.29, 0.717) is 13.2 Å². The van der Waals surface area contributed by atoms with Gasteiger partial charge in [0.05, 0.1) is 29.1 Å². The molecule has 1 amide bonds. The zero-order chi connectivity index (χ0) is 21.6. The number of morpholine rings is 1. The average molecular weight is 436 g/mol. The number of thiophene rings is 1. The molecule has 1 fully saturated rings. The topological polar surface area (TPSA) is 44.8 Å². The summed E-state index contributed by atoms with van der Waals surface area (Å²) >= 11 is 1.57. The number of ether oxygens (including phenoxy) is 1. The Morgan fingerprint density at radius 3 is 2.35 bits per heavy atom. The smallest absolute Gasteiger partial charge is 0.261 e. The molecule has 0 spiro atoms. The summed E-state index contributed by atoms with van der Waals surface area (Å²) < 4.78 is 5.54. The van der Waals surface area contributed by atoms with Gasteiger partial charge in [0.25, 0.3) is 5.91 Å². The lowest BCUT2D eigenvalue weighted by molar-refractivity contribution is 0.0934. The zero-order valence-electron chi connectivity index (χ0n) is 18.1. The van der Waals surface area contributed by atoms with Crippen LogP contribution in [0.25, 0.3) is 11.1 Å². The fourth-order valence-corrected chi connectivity index (χ4v) is 4.97. The maximum atomic E-state index is 13.3. The quantitative estimate of drug-likeness (QED) is 0.602. The first-order valence-electron chi connectivity index (χ1n) is 10.6. The van der Waals surface area contributed by atoms with E-state index in [0.717, 1.165) is 46.2 Å². The molecular formula is C25H29N3O2S. The number of carbonyl (C=O) groups is 1. The van der Waals surface area contributed by atoms with E-state index in [2.05, 4.69) is 39.4 Å². The van der Waals surface area contributed by atoms with Gasteiger partial charge in [-0.1, -0.05) is 60.7 Å². The van der Waals surface area contributed by atoms with Gasteiger partial charge >= 0.3 is 0 Å². The number of benzene rings is 2. The molecule has 0 saturated carbocycles. The van der Waals surface area contributed by atoms with Crippen LogP contribution in [0.2, 0.25) is 0 Å². The monoisotopic (exact) mass is 435 g/mol. The number of carbonyl (C=O) groups excluding carboxylic acids is 1. The van der Waals surface area contributed by atoms with Gasteiger partial charge in [-0.2, -0.15) is 0 Å². The molecule has 1 aromatic heterocycles. The lowest BCUT2D eigenvalue weighted by Gasteiger charge is -2.28. The predicted molar refractivity (Wildman–Crippen MR) is 128 cm³/mol. The summed E-state index contributed by atoms with van der Waals surface area (Å²) in [6.07, 6.45) is 0. The van der Waals surface area contributed by atoms with Crippen molar-refractivity contribution in [3.63, 3.8) is 0 Å². The van der Waals surface area contributed by atoms with Crippen LogP contribution in [0.15, 0.2) is 66.7 Å². The highest BCUT2D eigenvalue weighted by molar-refractivity contribution is 7.18. The van der Waals surface area contributed by atoms with E-state index in [1.165, 1.54) is 0 Å². The molecule has 2 heterocycles. The van der Waals surface area contributed by atoms with E-state index in [9.17, 15) is 4.79 Å². The highest BCUT2D eigenvalue weighted by Crippen LogP contribution is 2.39. The molecule has 0 bridgehead atoms. The lowest BCUT2D eigenvalue weighted by atomic mass is 10.1. The van der Waals surface area contributed by atoms with Crippen LogP contribution in [0.4, 0.5) is 5.00 Å². The van der Waals surface area contributed by atoms with Crippen molar-refractivity contribution in [1.82, 2.24) is 10.2 Å². The molecule has 2 aromatic carbocycles. The number of nitrogens with one attached hydrogen (secondary N) is 1. The molecule has 1 N–H and O–H groups in total. The predicted octanol–water partition coefficient (Wildman–Crippen LogP) is 4.28. The van der Waals surface area contributed by atoms with Crippen LogP contribution >= 0.6 is 11.3 Å². The van der Waals surface area contributed by atoms with E-state index in [1.807, 2.05) is 56.6 Å². The first-order chi connectivity index (χ1) is 15.1. The second kappa shape index (κ2) is 10.1. The SMILES string of the molecule is CN(C)CC(NC(=O)c1cc(-c2ccccc2)c(N2CCOCC2)s1)c1ccccc1. The summed E-state index contributed by atoms with van der Waals surface area (Å²) in [6, 6.07) is 22.4. The minimum atomic E-state index is -0.0715. The second-order valence-electron chi connectivity index (χ2n) is 7.99. The normalized spacial score (nSPS) is 15.1. The highest BCUT2D eigenvalue weighted by atomic mass is 32.1. The molecule has 6 heteroatoms. The number of nitrogens with zero attached hydrogens (tertiary/aromatic N) is 2. The fraction of sp³-hybridized carbons (Fsp3) is 0.320. The van der Waals surface area contributed by atoms with Gasteiger partial charge in [-0.25, -0.2) is 0 Å². The fourth-order valence-electron chi connectivity index (χ4n) is 3.83. The summed E-state index contributed by atoms with van der Waals surface area (Å²) in [7, 11) is 4.05. The van der Waals surface area contributed by atoms with Crippen molar-refractivity contribution in [3.05, 3.63) is 77.2 Å². The molecule has 1 unspecified atom stereocenters. The van der Waals surface area contributed by atoms with Crippen LogP contribution in [0.5, 0.6) is 0 Å². The van der Waals surface area contributed by atoms with Crippen molar-refractivity contribution in [2.75, 3.05) is 51.8 Å². The van der Waals surface area contributed by atoms with Gasteiger partial charge in [0, 0.05) is 25.2 Å². The molecule has 1 aliphatic heterocycles. The molecular weight excluding hydrogens is 406 g/mol. The minimum Gasteiger partial charge on any atom is -0.378 e. The summed E-state index contributed by atoms with van der Waals surface area (Å²) in [5, 5.41) is 4.40. The van der Waals surface area contributed by atoms with E-state index < -0.39 is 0 Å². The Morgan fingerprint density at radius 2 is 1.71 bits per heavy atom. The van der Waals surface area contributed by atoms with E-state index in [-0.39, 0.29) is 11.9 Å². The van der Waals surface area contributed by atoms with Gasteiger partial charge in [0.15, 0.2) is 0 Å². The number of hydrogen-bond acceptors (Lipinski definition) is 5. The van der Waals surface area contributed by atoms with Crippen LogP contribution in [0.3, 0.4) is 0 Å². The molecule has 1 saturated heterocycles. The summed E-state index contributed by atoms with van der Waals surface area (Å²) in [5.41, 5.74) is 3.35. The van der Waals surface area contributed by atoms with E-state index in [4.69, 9.17) is 4.74 Å². The number of likely N-dealkylation sites (N-methyl/N-ethyl adjacent to an activating group) is 1. The summed E-state index contributed by atoms with van der Waals surface area (Å²) in [4.78, 5) is 18.5. The van der Waals surface area contributed by atoms with Gasteiger partial charge < -0.3 is 19.9 Å². The van der Waals surface area contributed by atoms with Gasteiger partial charge in [-0.3, -0.25) is 4.79 Å². The molecule has 5 nitrogen and oxygen atoms in total. The highest BCUT2D eigenvalue weighted by Gasteiger charge is 2.23. The summed E-state index contributed by atoms with van der Waals surface area (Å²) in [5.74, 6) is -0.0302. The van der Waals surface area contributed by atoms with Crippen LogP contribution < -0.4 is 10.2 Å². The van der Waals surface area contributed by atoms with Gasteiger partial charge in [0.1, 0.15) is 0 Å². The van der Waals surface area contributed by atoms with Crippen molar-refractivity contribution in [3.8, 4) is 11.1 Å². The largest absolute Gasteiger partial charge is 0.378 e. The molecule has 0 radical (unpaired) electrons. The first-order valence-corrected chi connectivity index (χ1v) is 11.5. The molecule has 3 aromatic rings. The molecule has 1 aliphatic rings. The number of rotatable bonds is 7.